The van der Waals surface area contributed by atoms with Crippen LogP contribution in [-0.4, -0.2) is 65.7 Å². The van der Waals surface area contributed by atoms with E-state index in [4.69, 9.17) is 19.7 Å². The quantitative estimate of drug-likeness (QED) is 0.552. The van der Waals surface area contributed by atoms with Crippen molar-refractivity contribution in [2.24, 2.45) is 0 Å². The number of rotatable bonds is 4. The molecule has 4 heterocycles. The van der Waals surface area contributed by atoms with Gasteiger partial charge in [0.05, 0.1) is 37.1 Å². The number of nitriles is 1. The molecular formula is C26H25FN6O3. The molecule has 1 aromatic carbocycles. The maximum atomic E-state index is 15.1. The van der Waals surface area contributed by atoms with Crippen molar-refractivity contribution in [3.8, 4) is 23.2 Å². The summed E-state index contributed by atoms with van der Waals surface area (Å²) >= 11 is 0. The Morgan fingerprint density at radius 1 is 1.19 bits per heavy atom. The second kappa shape index (κ2) is 9.51. The molecule has 1 fully saturated rings. The lowest BCUT2D eigenvalue weighted by Crippen LogP contribution is -2.44. The smallest absolute Gasteiger partial charge is 0.272 e. The minimum atomic E-state index is -0.565. The molecule has 0 saturated carbocycles. The molecule has 0 radical (unpaired) electrons. The number of carbonyl (C=O) groups is 1. The predicted octanol–water partition coefficient (Wildman–Crippen LogP) is 3.15. The van der Waals surface area contributed by atoms with Crippen LogP contribution in [-0.2, 0) is 11.2 Å². The number of halogens is 1. The van der Waals surface area contributed by atoms with Gasteiger partial charge >= 0.3 is 0 Å². The van der Waals surface area contributed by atoms with Crippen LogP contribution in [0.1, 0.15) is 40.2 Å². The predicted molar refractivity (Wildman–Crippen MR) is 129 cm³/mol. The number of hydrogen-bond donors (Lipinski definition) is 0. The lowest BCUT2D eigenvalue weighted by Gasteiger charge is -2.37. The van der Waals surface area contributed by atoms with E-state index in [9.17, 15) is 4.79 Å². The van der Waals surface area contributed by atoms with Gasteiger partial charge in [0.15, 0.2) is 0 Å². The van der Waals surface area contributed by atoms with Gasteiger partial charge in [-0.15, -0.1) is 0 Å². The number of fused-ring (bicyclic) bond motifs is 1. The van der Waals surface area contributed by atoms with Gasteiger partial charge in [-0.1, -0.05) is 0 Å². The number of pyridine rings is 1. The van der Waals surface area contributed by atoms with Gasteiger partial charge in [0, 0.05) is 43.5 Å². The van der Waals surface area contributed by atoms with E-state index in [1.165, 1.54) is 12.1 Å². The number of methoxy groups -OCH3 is 1. The topological polar surface area (TPSA) is 104 Å². The summed E-state index contributed by atoms with van der Waals surface area (Å²) in [5.74, 6) is 0.0201. The molecule has 3 aromatic rings. The molecule has 184 valence electrons. The normalized spacial score (nSPS) is 19.6. The Bertz CT molecular complexity index is 1370. The van der Waals surface area contributed by atoms with Crippen molar-refractivity contribution in [2.75, 3.05) is 38.7 Å². The Labute approximate surface area is 208 Å². The zero-order chi connectivity index (χ0) is 25.4. The first kappa shape index (κ1) is 23.6. The number of aromatic nitrogens is 3. The second-order valence-corrected chi connectivity index (χ2v) is 8.95. The van der Waals surface area contributed by atoms with Gasteiger partial charge in [0.1, 0.15) is 17.6 Å². The molecule has 0 spiro atoms. The summed E-state index contributed by atoms with van der Waals surface area (Å²) < 4.78 is 26.5. The molecule has 2 unspecified atom stereocenters. The molecule has 2 aliphatic heterocycles. The monoisotopic (exact) mass is 488 g/mol. The molecule has 1 saturated heterocycles. The van der Waals surface area contributed by atoms with Crippen LogP contribution < -0.4 is 9.64 Å². The van der Waals surface area contributed by atoms with Gasteiger partial charge in [-0.05, 0) is 43.2 Å². The van der Waals surface area contributed by atoms with Gasteiger partial charge < -0.3 is 19.3 Å². The number of benzene rings is 1. The lowest BCUT2D eigenvalue weighted by molar-refractivity contribution is -0.0180. The van der Waals surface area contributed by atoms with Crippen molar-refractivity contribution in [2.45, 2.75) is 25.6 Å². The largest absolute Gasteiger partial charge is 0.481 e. The van der Waals surface area contributed by atoms with E-state index in [1.54, 1.807) is 31.3 Å². The molecule has 2 aliphatic rings. The molecular weight excluding hydrogens is 463 g/mol. The first-order chi connectivity index (χ1) is 17.4. The average Bonchev–Trinajstić information content (AvgIpc) is 2.90. The van der Waals surface area contributed by atoms with E-state index in [1.807, 2.05) is 30.0 Å². The molecule has 2 atom stereocenters. The molecule has 0 N–H and O–H groups in total. The first-order valence-corrected chi connectivity index (χ1v) is 11.6. The van der Waals surface area contributed by atoms with Crippen LogP contribution >= 0.6 is 0 Å². The minimum Gasteiger partial charge on any atom is -0.481 e. The number of likely N-dealkylation sites (N-methyl/N-ethyl adjacent to an activating group) is 1. The summed E-state index contributed by atoms with van der Waals surface area (Å²) in [6.45, 7) is 3.36. The lowest BCUT2D eigenvalue weighted by atomic mass is 9.97. The zero-order valence-corrected chi connectivity index (χ0v) is 20.2. The number of nitrogens with zero attached hydrogens (tertiary/aromatic N) is 6. The summed E-state index contributed by atoms with van der Waals surface area (Å²) in [5.41, 5.74) is 2.61. The van der Waals surface area contributed by atoms with E-state index >= 15 is 4.39 Å². The fraction of sp³-hybridized carbons (Fsp3) is 0.346. The molecule has 0 bridgehead atoms. The van der Waals surface area contributed by atoms with E-state index < -0.39 is 5.82 Å². The summed E-state index contributed by atoms with van der Waals surface area (Å²) in [6, 6.07) is 9.91. The number of ether oxygens (including phenoxy) is 2. The Kier molecular flexibility index (Phi) is 6.24. The Balaban J connectivity index is 1.59. The van der Waals surface area contributed by atoms with Crippen molar-refractivity contribution in [1.29, 1.82) is 5.26 Å². The highest BCUT2D eigenvalue weighted by Crippen LogP contribution is 2.34. The summed E-state index contributed by atoms with van der Waals surface area (Å²) in [6.07, 6.45) is 1.71. The highest BCUT2D eigenvalue weighted by molar-refractivity contribution is 5.96. The summed E-state index contributed by atoms with van der Waals surface area (Å²) in [4.78, 5) is 30.3. The van der Waals surface area contributed by atoms with Crippen LogP contribution in [0.2, 0.25) is 0 Å². The third kappa shape index (κ3) is 4.33. The highest BCUT2D eigenvalue weighted by Gasteiger charge is 2.33. The zero-order valence-electron chi connectivity index (χ0n) is 20.2. The van der Waals surface area contributed by atoms with Crippen LogP contribution in [0, 0.1) is 17.1 Å². The Morgan fingerprint density at radius 3 is 2.75 bits per heavy atom. The first-order valence-electron chi connectivity index (χ1n) is 11.6. The van der Waals surface area contributed by atoms with Crippen LogP contribution in [0.3, 0.4) is 0 Å². The third-order valence-electron chi connectivity index (χ3n) is 6.48. The standard InChI is InChI=1S/C26H25FN6O3/c1-15-13-33(14-21(36-15)17-6-8-29-22(11-17)35-3)26-30-23(18-5-4-16(12-28)10-20(18)27)19-7-9-32(2)25(34)24(19)31-26/h4-6,8,10-11,15,21H,7,9,13-14H2,1-3H3. The molecule has 1 amide bonds. The maximum absolute atomic E-state index is 15.1. The van der Waals surface area contributed by atoms with Crippen molar-refractivity contribution >= 4 is 11.9 Å². The van der Waals surface area contributed by atoms with Gasteiger partial charge in [-0.2, -0.15) is 5.26 Å². The van der Waals surface area contributed by atoms with Crippen LogP contribution in [0.4, 0.5) is 10.3 Å². The number of amides is 1. The number of morpholine rings is 1. The highest BCUT2D eigenvalue weighted by atomic mass is 19.1. The van der Waals surface area contributed by atoms with E-state index in [2.05, 4.69) is 9.97 Å². The van der Waals surface area contributed by atoms with Gasteiger partial charge in [0.25, 0.3) is 5.91 Å². The minimum absolute atomic E-state index is 0.156. The molecule has 36 heavy (non-hydrogen) atoms. The molecule has 9 nitrogen and oxygen atoms in total. The van der Waals surface area contributed by atoms with E-state index in [0.717, 1.165) is 5.56 Å². The maximum Gasteiger partial charge on any atom is 0.272 e. The van der Waals surface area contributed by atoms with Crippen molar-refractivity contribution in [1.82, 2.24) is 19.9 Å². The SMILES string of the molecule is COc1cc(C2CN(c3nc4c(c(-c5ccc(C#N)cc5F)n3)CCN(C)C4=O)CC(C)O2)ccn1. The molecule has 0 aliphatic carbocycles. The van der Waals surface area contributed by atoms with Crippen molar-refractivity contribution in [3.05, 3.63) is 64.7 Å². The van der Waals surface area contributed by atoms with Crippen molar-refractivity contribution in [3.63, 3.8) is 0 Å². The van der Waals surface area contributed by atoms with Crippen molar-refractivity contribution < 1.29 is 18.7 Å². The fourth-order valence-corrected chi connectivity index (χ4v) is 4.62. The van der Waals surface area contributed by atoms with Crippen LogP contribution in [0.15, 0.2) is 36.5 Å². The van der Waals surface area contributed by atoms with Gasteiger partial charge in [-0.3, -0.25) is 4.79 Å². The Hall–Kier alpha value is -4.10. The number of carbonyl (C=O) groups excluding carboxylic acids is 1. The molecule has 5 rings (SSSR count). The second-order valence-electron chi connectivity index (χ2n) is 8.95. The molecule has 2 aromatic heterocycles. The third-order valence-corrected chi connectivity index (χ3v) is 6.48. The Morgan fingerprint density at radius 2 is 2.00 bits per heavy atom. The fourth-order valence-electron chi connectivity index (χ4n) is 4.62. The molecule has 10 heteroatoms. The van der Waals surface area contributed by atoms with E-state index in [0.29, 0.717) is 49.1 Å². The van der Waals surface area contributed by atoms with Gasteiger partial charge in [0.2, 0.25) is 11.8 Å². The average molecular weight is 489 g/mol. The van der Waals surface area contributed by atoms with Crippen LogP contribution in [0.5, 0.6) is 5.88 Å². The van der Waals surface area contributed by atoms with Crippen LogP contribution in [0.25, 0.3) is 11.3 Å². The van der Waals surface area contributed by atoms with E-state index in [-0.39, 0.29) is 34.9 Å². The summed E-state index contributed by atoms with van der Waals surface area (Å²) in [5, 5.41) is 9.15. The number of hydrogen-bond acceptors (Lipinski definition) is 8. The van der Waals surface area contributed by atoms with Gasteiger partial charge in [-0.25, -0.2) is 19.3 Å². The number of anilines is 1. The summed E-state index contributed by atoms with van der Waals surface area (Å²) in [7, 11) is 3.28.